The second kappa shape index (κ2) is 7.11. The zero-order valence-electron chi connectivity index (χ0n) is 13.6. The van der Waals surface area contributed by atoms with Gasteiger partial charge in [-0.25, -0.2) is 4.79 Å². The number of benzene rings is 1. The third-order valence-corrected chi connectivity index (χ3v) is 4.09. The minimum absolute atomic E-state index is 0.0806. The van der Waals surface area contributed by atoms with E-state index in [1.54, 1.807) is 0 Å². The fraction of sp³-hybridized carbons (Fsp3) is 0.588. The molecule has 0 radical (unpaired) electrons. The van der Waals surface area contributed by atoms with E-state index in [1.807, 2.05) is 20.8 Å². The number of rotatable bonds is 4. The van der Waals surface area contributed by atoms with Crippen LogP contribution in [0.5, 0.6) is 0 Å². The van der Waals surface area contributed by atoms with Gasteiger partial charge in [-0.05, 0) is 26.3 Å². The maximum atomic E-state index is 12.0. The van der Waals surface area contributed by atoms with Crippen molar-refractivity contribution in [2.75, 3.05) is 19.8 Å². The lowest BCUT2D eigenvalue weighted by molar-refractivity contribution is -0.0600. The number of aryl methyl sites for hydroxylation is 2. The molecule has 1 unspecified atom stereocenters. The molecule has 2 amide bonds. The Morgan fingerprint density at radius 3 is 2.45 bits per heavy atom. The van der Waals surface area contributed by atoms with Gasteiger partial charge in [0.15, 0.2) is 0 Å². The van der Waals surface area contributed by atoms with Crippen LogP contribution in [-0.4, -0.2) is 36.5 Å². The molecule has 1 heterocycles. The van der Waals surface area contributed by atoms with Crippen molar-refractivity contribution in [1.29, 1.82) is 0 Å². The lowest BCUT2D eigenvalue weighted by Crippen LogP contribution is -2.49. The van der Waals surface area contributed by atoms with Crippen LogP contribution in [0, 0.1) is 13.8 Å². The standard InChI is InChI=1S/C17H26N2O3/c1-12-8-13(2)10-15(9-12)14(3)19-16(20)18-11-17(21)4-6-22-7-5-17/h8-10,14,21H,4-7,11H2,1-3H3,(H2,18,19,20). The first-order chi connectivity index (χ1) is 10.4. The first-order valence-corrected chi connectivity index (χ1v) is 7.81. The smallest absolute Gasteiger partial charge is 0.315 e. The number of carbonyl (C=O) groups is 1. The summed E-state index contributed by atoms with van der Waals surface area (Å²) in [5, 5.41) is 16.0. The van der Waals surface area contributed by atoms with Crippen LogP contribution >= 0.6 is 0 Å². The number of ether oxygens (including phenoxy) is 1. The van der Waals surface area contributed by atoms with Gasteiger partial charge in [-0.3, -0.25) is 0 Å². The van der Waals surface area contributed by atoms with Gasteiger partial charge < -0.3 is 20.5 Å². The Morgan fingerprint density at radius 1 is 1.27 bits per heavy atom. The molecular formula is C17H26N2O3. The van der Waals surface area contributed by atoms with E-state index in [2.05, 4.69) is 28.8 Å². The van der Waals surface area contributed by atoms with E-state index >= 15 is 0 Å². The Hall–Kier alpha value is -1.59. The fourth-order valence-corrected chi connectivity index (χ4v) is 2.76. The van der Waals surface area contributed by atoms with Gasteiger partial charge in [-0.2, -0.15) is 0 Å². The number of amides is 2. The highest BCUT2D eigenvalue weighted by atomic mass is 16.5. The normalized spacial score (nSPS) is 18.5. The van der Waals surface area contributed by atoms with Crippen molar-refractivity contribution < 1.29 is 14.6 Å². The lowest BCUT2D eigenvalue weighted by atomic mass is 9.94. The van der Waals surface area contributed by atoms with Crippen LogP contribution in [0.1, 0.15) is 42.5 Å². The molecule has 0 aromatic heterocycles. The van der Waals surface area contributed by atoms with Crippen LogP contribution in [0.3, 0.4) is 0 Å². The summed E-state index contributed by atoms with van der Waals surface area (Å²) in [6, 6.07) is 5.92. The molecule has 1 saturated heterocycles. The molecule has 1 atom stereocenters. The molecule has 0 bridgehead atoms. The number of nitrogens with one attached hydrogen (secondary N) is 2. The Labute approximate surface area is 132 Å². The molecule has 1 aromatic rings. The van der Waals surface area contributed by atoms with Crippen molar-refractivity contribution >= 4 is 6.03 Å². The third-order valence-electron chi connectivity index (χ3n) is 4.09. The Balaban J connectivity index is 1.85. The van der Waals surface area contributed by atoms with Crippen LogP contribution < -0.4 is 10.6 Å². The van der Waals surface area contributed by atoms with E-state index in [9.17, 15) is 9.90 Å². The third kappa shape index (κ3) is 4.71. The number of aliphatic hydroxyl groups is 1. The highest BCUT2D eigenvalue weighted by molar-refractivity contribution is 5.74. The highest BCUT2D eigenvalue weighted by Gasteiger charge is 2.30. The van der Waals surface area contributed by atoms with Gasteiger partial charge in [0.1, 0.15) is 0 Å². The minimum atomic E-state index is -0.848. The predicted octanol–water partition coefficient (Wildman–Crippen LogP) is 2.21. The second-order valence-electron chi connectivity index (χ2n) is 6.31. The Bertz CT molecular complexity index is 504. The van der Waals surface area contributed by atoms with E-state index < -0.39 is 5.60 Å². The molecule has 122 valence electrons. The molecule has 1 fully saturated rings. The summed E-state index contributed by atoms with van der Waals surface area (Å²) in [6.45, 7) is 7.38. The summed E-state index contributed by atoms with van der Waals surface area (Å²) in [5.41, 5.74) is 2.59. The van der Waals surface area contributed by atoms with E-state index in [0.717, 1.165) is 5.56 Å². The molecule has 0 spiro atoms. The highest BCUT2D eigenvalue weighted by Crippen LogP contribution is 2.19. The van der Waals surface area contributed by atoms with Gasteiger partial charge in [-0.15, -0.1) is 0 Å². The summed E-state index contributed by atoms with van der Waals surface area (Å²) in [5.74, 6) is 0. The number of carbonyl (C=O) groups excluding carboxylic acids is 1. The first kappa shape index (κ1) is 16.8. The van der Waals surface area contributed by atoms with E-state index in [0.29, 0.717) is 26.1 Å². The topological polar surface area (TPSA) is 70.6 Å². The maximum absolute atomic E-state index is 12.0. The molecule has 1 aliphatic heterocycles. The number of hydrogen-bond acceptors (Lipinski definition) is 3. The molecule has 5 nitrogen and oxygen atoms in total. The first-order valence-electron chi connectivity index (χ1n) is 7.81. The van der Waals surface area contributed by atoms with Gasteiger partial charge in [-0.1, -0.05) is 29.3 Å². The van der Waals surface area contributed by atoms with Crippen LogP contribution in [-0.2, 0) is 4.74 Å². The van der Waals surface area contributed by atoms with Crippen molar-refractivity contribution in [2.24, 2.45) is 0 Å². The van der Waals surface area contributed by atoms with Gasteiger partial charge in [0.05, 0.1) is 11.6 Å². The Kier molecular flexibility index (Phi) is 5.42. The van der Waals surface area contributed by atoms with E-state index in [4.69, 9.17) is 4.74 Å². The molecule has 0 saturated carbocycles. The molecule has 1 aliphatic rings. The SMILES string of the molecule is Cc1cc(C)cc(C(C)NC(=O)NCC2(O)CCOCC2)c1. The summed E-state index contributed by atoms with van der Waals surface area (Å²) in [7, 11) is 0. The molecule has 5 heteroatoms. The van der Waals surface area contributed by atoms with Crippen molar-refractivity contribution in [1.82, 2.24) is 10.6 Å². The van der Waals surface area contributed by atoms with Gasteiger partial charge in [0.2, 0.25) is 0 Å². The largest absolute Gasteiger partial charge is 0.388 e. The van der Waals surface area contributed by atoms with Crippen molar-refractivity contribution in [3.63, 3.8) is 0 Å². The van der Waals surface area contributed by atoms with Gasteiger partial charge in [0.25, 0.3) is 0 Å². The second-order valence-corrected chi connectivity index (χ2v) is 6.31. The van der Waals surface area contributed by atoms with Crippen LogP contribution in [0.25, 0.3) is 0 Å². The lowest BCUT2D eigenvalue weighted by Gasteiger charge is -2.32. The average Bonchev–Trinajstić information content (AvgIpc) is 2.45. The summed E-state index contributed by atoms with van der Waals surface area (Å²) in [4.78, 5) is 12.0. The number of urea groups is 1. The van der Waals surface area contributed by atoms with E-state index in [1.165, 1.54) is 11.1 Å². The van der Waals surface area contributed by atoms with E-state index in [-0.39, 0.29) is 18.6 Å². The quantitative estimate of drug-likeness (QED) is 0.798. The van der Waals surface area contributed by atoms with Crippen molar-refractivity contribution in [3.8, 4) is 0 Å². The summed E-state index contributed by atoms with van der Waals surface area (Å²) < 4.78 is 5.23. The molecule has 22 heavy (non-hydrogen) atoms. The maximum Gasteiger partial charge on any atom is 0.315 e. The molecule has 3 N–H and O–H groups in total. The molecule has 0 aliphatic carbocycles. The molecule has 2 rings (SSSR count). The van der Waals surface area contributed by atoms with Crippen LogP contribution in [0.15, 0.2) is 18.2 Å². The van der Waals surface area contributed by atoms with Crippen molar-refractivity contribution in [2.45, 2.75) is 45.3 Å². The van der Waals surface area contributed by atoms with Crippen LogP contribution in [0.2, 0.25) is 0 Å². The molecule has 1 aromatic carbocycles. The monoisotopic (exact) mass is 306 g/mol. The van der Waals surface area contributed by atoms with Gasteiger partial charge >= 0.3 is 6.03 Å². The van der Waals surface area contributed by atoms with Crippen LogP contribution in [0.4, 0.5) is 4.79 Å². The predicted molar refractivity (Wildman–Crippen MR) is 85.9 cm³/mol. The summed E-state index contributed by atoms with van der Waals surface area (Å²) >= 11 is 0. The molecular weight excluding hydrogens is 280 g/mol. The number of hydrogen-bond donors (Lipinski definition) is 3. The minimum Gasteiger partial charge on any atom is -0.388 e. The summed E-state index contributed by atoms with van der Waals surface area (Å²) in [6.07, 6.45) is 1.11. The van der Waals surface area contributed by atoms with Gasteiger partial charge in [0, 0.05) is 32.6 Å². The zero-order chi connectivity index (χ0) is 16.2. The fourth-order valence-electron chi connectivity index (χ4n) is 2.76. The zero-order valence-corrected chi connectivity index (χ0v) is 13.6. The average molecular weight is 306 g/mol. The van der Waals surface area contributed by atoms with Crippen molar-refractivity contribution in [3.05, 3.63) is 34.9 Å². The Morgan fingerprint density at radius 2 is 1.86 bits per heavy atom.